The minimum Gasteiger partial charge on any atom is -0.493 e. The van der Waals surface area contributed by atoms with Crippen LogP contribution >= 0.6 is 15.9 Å². The van der Waals surface area contributed by atoms with Gasteiger partial charge in [0.25, 0.3) is 5.91 Å². The standard InChI is InChI=1S/C25H22BrN5O3/c1-33-24-15-18(16-27-29-25(32)20-8-10-21(26)11-9-20)7-12-23(24)34-14-13-31-17-22(28-30-31)19-5-3-2-4-6-19/h2-12,15-17H,13-14H2,1H3,(H,29,32)/b27-16+. The van der Waals surface area contributed by atoms with Gasteiger partial charge in [-0.1, -0.05) is 51.5 Å². The van der Waals surface area contributed by atoms with Crippen molar-refractivity contribution in [2.24, 2.45) is 5.10 Å². The highest BCUT2D eigenvalue weighted by atomic mass is 79.9. The molecule has 4 rings (SSSR count). The highest BCUT2D eigenvalue weighted by Gasteiger charge is 2.08. The summed E-state index contributed by atoms with van der Waals surface area (Å²) in [4.78, 5) is 12.1. The number of ether oxygens (including phenoxy) is 2. The van der Waals surface area contributed by atoms with E-state index in [-0.39, 0.29) is 5.91 Å². The van der Waals surface area contributed by atoms with Crippen molar-refractivity contribution in [2.75, 3.05) is 13.7 Å². The minimum atomic E-state index is -0.292. The zero-order valence-corrected chi connectivity index (χ0v) is 20.0. The molecular formula is C25H22BrN5O3. The predicted molar refractivity (Wildman–Crippen MR) is 133 cm³/mol. The maximum absolute atomic E-state index is 12.1. The molecular weight excluding hydrogens is 498 g/mol. The van der Waals surface area contributed by atoms with Crippen LogP contribution in [0.25, 0.3) is 11.3 Å². The van der Waals surface area contributed by atoms with E-state index in [1.807, 2.05) is 42.6 Å². The number of halogens is 1. The molecule has 0 fully saturated rings. The largest absolute Gasteiger partial charge is 0.493 e. The van der Waals surface area contributed by atoms with Crippen molar-refractivity contribution in [1.82, 2.24) is 20.4 Å². The highest BCUT2D eigenvalue weighted by Crippen LogP contribution is 2.27. The quantitative estimate of drug-likeness (QED) is 0.258. The number of hydrogen-bond donors (Lipinski definition) is 1. The fourth-order valence-electron chi connectivity index (χ4n) is 3.11. The second-order valence-electron chi connectivity index (χ2n) is 7.20. The molecule has 1 amide bonds. The van der Waals surface area contributed by atoms with Gasteiger partial charge < -0.3 is 9.47 Å². The average Bonchev–Trinajstić information content (AvgIpc) is 3.34. The molecule has 1 N–H and O–H groups in total. The first kappa shape index (κ1) is 23.2. The molecule has 0 spiro atoms. The molecule has 0 bridgehead atoms. The van der Waals surface area contributed by atoms with Gasteiger partial charge in [0.1, 0.15) is 12.3 Å². The Labute approximate surface area is 205 Å². The molecule has 172 valence electrons. The fourth-order valence-corrected chi connectivity index (χ4v) is 3.38. The number of rotatable bonds is 9. The summed E-state index contributed by atoms with van der Waals surface area (Å²) in [5.41, 5.74) is 5.61. The number of nitrogens with zero attached hydrogens (tertiary/aromatic N) is 4. The number of carbonyl (C=O) groups excluding carboxylic acids is 1. The molecule has 8 nitrogen and oxygen atoms in total. The third-order valence-electron chi connectivity index (χ3n) is 4.86. The lowest BCUT2D eigenvalue weighted by molar-refractivity contribution is 0.0955. The molecule has 34 heavy (non-hydrogen) atoms. The summed E-state index contributed by atoms with van der Waals surface area (Å²) >= 11 is 3.34. The molecule has 3 aromatic carbocycles. The van der Waals surface area contributed by atoms with E-state index in [4.69, 9.17) is 9.47 Å². The number of hydrogen-bond acceptors (Lipinski definition) is 6. The van der Waals surface area contributed by atoms with E-state index in [1.165, 1.54) is 0 Å². The minimum absolute atomic E-state index is 0.292. The SMILES string of the molecule is COc1cc(/C=N/NC(=O)c2ccc(Br)cc2)ccc1OCCn1cc(-c2ccccc2)nn1. The number of nitrogens with one attached hydrogen (secondary N) is 1. The molecule has 0 radical (unpaired) electrons. The Morgan fingerprint density at radius 2 is 1.88 bits per heavy atom. The Hall–Kier alpha value is -3.98. The van der Waals surface area contributed by atoms with Crippen LogP contribution in [-0.4, -0.2) is 40.8 Å². The number of aromatic nitrogens is 3. The van der Waals surface area contributed by atoms with Crippen LogP contribution in [0.1, 0.15) is 15.9 Å². The predicted octanol–water partition coefficient (Wildman–Crippen LogP) is 4.56. The summed E-state index contributed by atoms with van der Waals surface area (Å²) in [6, 6.07) is 22.3. The van der Waals surface area contributed by atoms with Gasteiger partial charge in [0.15, 0.2) is 11.5 Å². The van der Waals surface area contributed by atoms with Gasteiger partial charge in [0.05, 0.1) is 26.1 Å². The third kappa shape index (κ3) is 6.08. The Balaban J connectivity index is 1.31. The normalized spacial score (nSPS) is 10.9. The van der Waals surface area contributed by atoms with E-state index in [0.29, 0.717) is 30.2 Å². The third-order valence-corrected chi connectivity index (χ3v) is 5.39. The first-order valence-corrected chi connectivity index (χ1v) is 11.3. The van der Waals surface area contributed by atoms with Gasteiger partial charge in [-0.05, 0) is 48.0 Å². The number of methoxy groups -OCH3 is 1. The molecule has 0 aliphatic carbocycles. The van der Waals surface area contributed by atoms with Crippen molar-refractivity contribution in [3.8, 4) is 22.8 Å². The van der Waals surface area contributed by atoms with E-state index >= 15 is 0 Å². The topological polar surface area (TPSA) is 90.6 Å². The molecule has 1 heterocycles. The van der Waals surface area contributed by atoms with Gasteiger partial charge in [-0.15, -0.1) is 5.10 Å². The lowest BCUT2D eigenvalue weighted by Crippen LogP contribution is -2.17. The summed E-state index contributed by atoms with van der Waals surface area (Å²) in [5, 5.41) is 12.4. The van der Waals surface area contributed by atoms with E-state index in [0.717, 1.165) is 21.3 Å². The zero-order valence-electron chi connectivity index (χ0n) is 18.4. The van der Waals surface area contributed by atoms with Crippen molar-refractivity contribution in [1.29, 1.82) is 0 Å². The maximum atomic E-state index is 12.1. The van der Waals surface area contributed by atoms with Crippen LogP contribution in [0.5, 0.6) is 11.5 Å². The lowest BCUT2D eigenvalue weighted by atomic mass is 10.2. The van der Waals surface area contributed by atoms with Crippen LogP contribution in [0.15, 0.2) is 88.6 Å². The van der Waals surface area contributed by atoms with E-state index in [1.54, 1.807) is 54.4 Å². The Kier molecular flexibility index (Phi) is 7.67. The molecule has 0 unspecified atom stereocenters. The van der Waals surface area contributed by atoms with Crippen LogP contribution in [0.4, 0.5) is 0 Å². The molecule has 9 heteroatoms. The second-order valence-corrected chi connectivity index (χ2v) is 8.11. The van der Waals surface area contributed by atoms with Crippen molar-refractivity contribution >= 4 is 28.1 Å². The first-order chi connectivity index (χ1) is 16.6. The van der Waals surface area contributed by atoms with Crippen LogP contribution in [0.2, 0.25) is 0 Å². The van der Waals surface area contributed by atoms with Crippen molar-refractivity contribution in [3.05, 3.63) is 94.6 Å². The van der Waals surface area contributed by atoms with Crippen molar-refractivity contribution < 1.29 is 14.3 Å². The van der Waals surface area contributed by atoms with Gasteiger partial charge in [-0.2, -0.15) is 5.10 Å². The summed E-state index contributed by atoms with van der Waals surface area (Å²) in [6.45, 7) is 0.929. The number of carbonyl (C=O) groups is 1. The Morgan fingerprint density at radius 3 is 2.65 bits per heavy atom. The first-order valence-electron chi connectivity index (χ1n) is 10.5. The Bertz CT molecular complexity index is 1270. The smallest absolute Gasteiger partial charge is 0.271 e. The zero-order chi connectivity index (χ0) is 23.8. The van der Waals surface area contributed by atoms with Gasteiger partial charge in [0, 0.05) is 15.6 Å². The lowest BCUT2D eigenvalue weighted by Gasteiger charge is -2.11. The number of amides is 1. The van der Waals surface area contributed by atoms with Crippen LogP contribution in [0, 0.1) is 0 Å². The molecule has 0 aliphatic heterocycles. The van der Waals surface area contributed by atoms with Crippen molar-refractivity contribution in [2.45, 2.75) is 6.54 Å². The van der Waals surface area contributed by atoms with Gasteiger partial charge in [-0.3, -0.25) is 4.79 Å². The van der Waals surface area contributed by atoms with Gasteiger partial charge in [-0.25, -0.2) is 10.1 Å². The van der Waals surface area contributed by atoms with E-state index < -0.39 is 0 Å². The molecule has 0 atom stereocenters. The molecule has 1 aromatic heterocycles. The highest BCUT2D eigenvalue weighted by molar-refractivity contribution is 9.10. The number of hydrazone groups is 1. The van der Waals surface area contributed by atoms with Crippen LogP contribution < -0.4 is 14.9 Å². The van der Waals surface area contributed by atoms with Gasteiger partial charge >= 0.3 is 0 Å². The monoisotopic (exact) mass is 519 g/mol. The summed E-state index contributed by atoms with van der Waals surface area (Å²) in [5.74, 6) is 0.868. The Morgan fingerprint density at radius 1 is 1.09 bits per heavy atom. The summed E-state index contributed by atoms with van der Waals surface area (Å²) in [7, 11) is 1.57. The average molecular weight is 520 g/mol. The number of benzene rings is 3. The molecule has 0 aliphatic rings. The summed E-state index contributed by atoms with van der Waals surface area (Å²) < 4.78 is 14.0. The molecule has 0 saturated carbocycles. The maximum Gasteiger partial charge on any atom is 0.271 e. The van der Waals surface area contributed by atoms with Crippen LogP contribution in [-0.2, 0) is 6.54 Å². The second kappa shape index (κ2) is 11.2. The fraction of sp³-hybridized carbons (Fsp3) is 0.120. The summed E-state index contributed by atoms with van der Waals surface area (Å²) in [6.07, 6.45) is 3.43. The molecule has 4 aromatic rings. The van der Waals surface area contributed by atoms with Crippen LogP contribution in [0.3, 0.4) is 0 Å². The van der Waals surface area contributed by atoms with E-state index in [2.05, 4.69) is 36.8 Å². The van der Waals surface area contributed by atoms with Crippen molar-refractivity contribution in [3.63, 3.8) is 0 Å². The van der Waals surface area contributed by atoms with E-state index in [9.17, 15) is 4.79 Å². The molecule has 0 saturated heterocycles. The van der Waals surface area contributed by atoms with Gasteiger partial charge in [0.2, 0.25) is 0 Å².